The predicted octanol–water partition coefficient (Wildman–Crippen LogP) is 1.45. The van der Waals surface area contributed by atoms with Crippen LogP contribution in [0.1, 0.15) is 33.1 Å². The lowest BCUT2D eigenvalue weighted by atomic mass is 10.1. The minimum absolute atomic E-state index is 0. The van der Waals surface area contributed by atoms with Crippen molar-refractivity contribution in [2.24, 2.45) is 17.6 Å². The summed E-state index contributed by atoms with van der Waals surface area (Å²) in [6.45, 7) is 5.97. The summed E-state index contributed by atoms with van der Waals surface area (Å²) in [5.41, 5.74) is 5.57. The fraction of sp³-hybridized carbons (Fsp3) is 1.00. The maximum atomic E-state index is 12.1. The van der Waals surface area contributed by atoms with Gasteiger partial charge in [-0.15, -0.1) is 12.4 Å². The first kappa shape index (κ1) is 17.2. The highest BCUT2D eigenvalue weighted by Gasteiger charge is 2.31. The van der Waals surface area contributed by atoms with Crippen molar-refractivity contribution in [2.75, 3.05) is 25.4 Å². The molecular weight excluding hydrogens is 260 g/mol. The minimum Gasteiger partial charge on any atom is -0.330 e. The normalized spacial score (nSPS) is 23.4. The summed E-state index contributed by atoms with van der Waals surface area (Å²) in [5.74, 6) is 0.904. The van der Waals surface area contributed by atoms with Crippen LogP contribution in [0.2, 0.25) is 0 Å². The summed E-state index contributed by atoms with van der Waals surface area (Å²) in [7, 11) is -3.05. The van der Waals surface area contributed by atoms with Gasteiger partial charge in [0, 0.05) is 13.1 Å². The van der Waals surface area contributed by atoms with Gasteiger partial charge in [0.1, 0.15) is 0 Å². The molecule has 4 nitrogen and oxygen atoms in total. The topological polar surface area (TPSA) is 63.4 Å². The van der Waals surface area contributed by atoms with Gasteiger partial charge in [0.2, 0.25) is 10.0 Å². The molecule has 0 spiro atoms. The number of rotatable bonds is 6. The van der Waals surface area contributed by atoms with Gasteiger partial charge in [0.25, 0.3) is 0 Å². The van der Waals surface area contributed by atoms with Gasteiger partial charge < -0.3 is 5.73 Å². The van der Waals surface area contributed by atoms with Crippen molar-refractivity contribution in [1.82, 2.24) is 4.31 Å². The van der Waals surface area contributed by atoms with Gasteiger partial charge >= 0.3 is 0 Å². The molecule has 1 aliphatic heterocycles. The molecule has 0 aromatic heterocycles. The molecule has 104 valence electrons. The van der Waals surface area contributed by atoms with E-state index in [1.807, 2.05) is 6.92 Å². The molecular formula is C11H25ClN2O2S. The van der Waals surface area contributed by atoms with Crippen LogP contribution in [0.3, 0.4) is 0 Å². The average molecular weight is 285 g/mol. The van der Waals surface area contributed by atoms with Gasteiger partial charge in [0.15, 0.2) is 0 Å². The quantitative estimate of drug-likeness (QED) is 0.803. The molecule has 0 aliphatic carbocycles. The van der Waals surface area contributed by atoms with E-state index in [9.17, 15) is 8.42 Å². The highest BCUT2D eigenvalue weighted by atomic mass is 35.5. The number of halogens is 1. The van der Waals surface area contributed by atoms with E-state index in [0.717, 1.165) is 19.3 Å². The third-order valence-electron chi connectivity index (χ3n) is 3.25. The third kappa shape index (κ3) is 5.12. The van der Waals surface area contributed by atoms with Crippen LogP contribution in [0.4, 0.5) is 0 Å². The summed E-state index contributed by atoms with van der Waals surface area (Å²) in [6.07, 6.45) is 2.94. The van der Waals surface area contributed by atoms with Crippen molar-refractivity contribution >= 4 is 22.4 Å². The van der Waals surface area contributed by atoms with Crippen LogP contribution in [0.5, 0.6) is 0 Å². The van der Waals surface area contributed by atoms with Gasteiger partial charge in [0.05, 0.1) is 5.75 Å². The van der Waals surface area contributed by atoms with Gasteiger partial charge in [-0.1, -0.05) is 20.3 Å². The van der Waals surface area contributed by atoms with E-state index >= 15 is 0 Å². The third-order valence-corrected chi connectivity index (χ3v) is 5.36. The zero-order valence-corrected chi connectivity index (χ0v) is 12.4. The Morgan fingerprint density at radius 1 is 1.47 bits per heavy atom. The maximum absolute atomic E-state index is 12.1. The van der Waals surface area contributed by atoms with E-state index < -0.39 is 10.0 Å². The van der Waals surface area contributed by atoms with Crippen molar-refractivity contribution in [2.45, 2.75) is 33.1 Å². The molecule has 0 aromatic carbocycles. The molecule has 1 rings (SSSR count). The van der Waals surface area contributed by atoms with E-state index in [4.69, 9.17) is 5.73 Å². The molecule has 6 heteroatoms. The van der Waals surface area contributed by atoms with Crippen LogP contribution < -0.4 is 5.73 Å². The monoisotopic (exact) mass is 284 g/mol. The molecule has 0 radical (unpaired) electrons. The lowest BCUT2D eigenvalue weighted by Crippen LogP contribution is -2.33. The van der Waals surface area contributed by atoms with E-state index in [1.54, 1.807) is 4.31 Å². The van der Waals surface area contributed by atoms with E-state index in [1.165, 1.54) is 0 Å². The predicted molar refractivity (Wildman–Crippen MR) is 73.8 cm³/mol. The van der Waals surface area contributed by atoms with Gasteiger partial charge in [-0.3, -0.25) is 0 Å². The first-order chi connectivity index (χ1) is 7.49. The van der Waals surface area contributed by atoms with Crippen LogP contribution in [0.15, 0.2) is 0 Å². The summed E-state index contributed by atoms with van der Waals surface area (Å²) >= 11 is 0. The Bertz CT molecular complexity index is 309. The van der Waals surface area contributed by atoms with Gasteiger partial charge in [-0.05, 0) is 31.2 Å². The van der Waals surface area contributed by atoms with Crippen molar-refractivity contribution in [3.63, 3.8) is 0 Å². The molecule has 1 aliphatic rings. The first-order valence-electron chi connectivity index (χ1n) is 6.17. The Morgan fingerprint density at radius 2 is 2.12 bits per heavy atom. The highest BCUT2D eigenvalue weighted by Crippen LogP contribution is 2.21. The number of hydrogen-bond acceptors (Lipinski definition) is 3. The lowest BCUT2D eigenvalue weighted by molar-refractivity contribution is 0.446. The number of nitrogens with zero attached hydrogens (tertiary/aromatic N) is 1. The van der Waals surface area contributed by atoms with Crippen LogP contribution >= 0.6 is 12.4 Å². The molecule has 0 saturated carbocycles. The molecule has 1 fully saturated rings. The van der Waals surface area contributed by atoms with Gasteiger partial charge in [-0.25, -0.2) is 12.7 Å². The van der Waals surface area contributed by atoms with Crippen molar-refractivity contribution in [1.29, 1.82) is 0 Å². The molecule has 1 saturated heterocycles. The van der Waals surface area contributed by atoms with Gasteiger partial charge in [-0.2, -0.15) is 0 Å². The molecule has 2 N–H and O–H groups in total. The van der Waals surface area contributed by atoms with Crippen LogP contribution in [0.25, 0.3) is 0 Å². The zero-order chi connectivity index (χ0) is 12.2. The Balaban J connectivity index is 0.00000256. The number of hydrogen-bond donors (Lipinski definition) is 1. The van der Waals surface area contributed by atoms with E-state index in [0.29, 0.717) is 25.6 Å². The Kier molecular flexibility index (Phi) is 7.63. The minimum atomic E-state index is -3.05. The van der Waals surface area contributed by atoms with Crippen LogP contribution in [-0.4, -0.2) is 38.1 Å². The Hall–Kier alpha value is 0.160. The Morgan fingerprint density at radius 3 is 2.59 bits per heavy atom. The van der Waals surface area contributed by atoms with Crippen LogP contribution in [-0.2, 0) is 10.0 Å². The largest absolute Gasteiger partial charge is 0.330 e. The molecule has 2 atom stereocenters. The molecule has 1 heterocycles. The number of sulfonamides is 1. The second-order valence-corrected chi connectivity index (χ2v) is 6.93. The standard InChI is InChI=1S/C11H24N2O2S.ClH/c1-3-4-10(2)9-16(14,15)13-6-5-11(7-12)8-13;/h10-11H,3-9,12H2,1-2H3;1H. The van der Waals surface area contributed by atoms with Crippen LogP contribution in [0, 0.1) is 11.8 Å². The number of nitrogens with two attached hydrogens (primary N) is 1. The molecule has 0 amide bonds. The second kappa shape index (κ2) is 7.56. The summed E-state index contributed by atoms with van der Waals surface area (Å²) in [5, 5.41) is 0. The smallest absolute Gasteiger partial charge is 0.214 e. The van der Waals surface area contributed by atoms with Crippen molar-refractivity contribution in [3.05, 3.63) is 0 Å². The fourth-order valence-electron chi connectivity index (χ4n) is 2.28. The average Bonchev–Trinajstić information content (AvgIpc) is 2.65. The molecule has 0 aromatic rings. The molecule has 2 unspecified atom stereocenters. The SMILES string of the molecule is CCCC(C)CS(=O)(=O)N1CCC(CN)C1.Cl. The summed E-state index contributed by atoms with van der Waals surface area (Å²) in [4.78, 5) is 0. The molecule has 0 bridgehead atoms. The van der Waals surface area contributed by atoms with Crippen molar-refractivity contribution < 1.29 is 8.42 Å². The highest BCUT2D eigenvalue weighted by molar-refractivity contribution is 7.89. The Labute approximate surface area is 111 Å². The van der Waals surface area contributed by atoms with E-state index in [-0.39, 0.29) is 24.1 Å². The van der Waals surface area contributed by atoms with E-state index in [2.05, 4.69) is 6.92 Å². The van der Waals surface area contributed by atoms with Crippen molar-refractivity contribution in [3.8, 4) is 0 Å². The molecule has 17 heavy (non-hydrogen) atoms. The summed E-state index contributed by atoms with van der Waals surface area (Å²) < 4.78 is 25.8. The lowest BCUT2D eigenvalue weighted by Gasteiger charge is -2.19. The fourth-order valence-corrected chi connectivity index (χ4v) is 4.20. The maximum Gasteiger partial charge on any atom is 0.214 e. The first-order valence-corrected chi connectivity index (χ1v) is 7.78. The second-order valence-electron chi connectivity index (χ2n) is 4.92. The summed E-state index contributed by atoms with van der Waals surface area (Å²) in [6, 6.07) is 0. The zero-order valence-electron chi connectivity index (χ0n) is 10.8.